The second-order valence-corrected chi connectivity index (χ2v) is 10.5. The number of rotatable bonds is 6. The molecule has 180 valence electrons. The Kier molecular flexibility index (Phi) is 6.35. The molecule has 34 heavy (non-hydrogen) atoms. The standard InChI is InChI=1S/C24H30N6O3S/c1-13(2)12-33-18-9-14(3)17(11-27-18)30-16-6-8-26-23-19(16)20(29-24(30)32)21(34-23)22(31)28-15-5-4-7-25-10-15/h6,8-9,11,13,15,20-21,25H,4-5,7,10,12H2,1-3H3,(H,28,31)(H,29,32)/t15?,20?,21-/m1/s1. The highest BCUT2D eigenvalue weighted by Gasteiger charge is 2.47. The summed E-state index contributed by atoms with van der Waals surface area (Å²) in [5.41, 5.74) is 3.17. The van der Waals surface area contributed by atoms with E-state index in [4.69, 9.17) is 4.74 Å². The van der Waals surface area contributed by atoms with E-state index in [1.54, 1.807) is 17.3 Å². The van der Waals surface area contributed by atoms with Gasteiger partial charge >= 0.3 is 6.03 Å². The molecular weight excluding hydrogens is 452 g/mol. The van der Waals surface area contributed by atoms with Crippen molar-refractivity contribution in [1.29, 1.82) is 0 Å². The number of thioether (sulfide) groups is 1. The van der Waals surface area contributed by atoms with Crippen molar-refractivity contribution in [3.8, 4) is 5.88 Å². The van der Waals surface area contributed by atoms with Crippen molar-refractivity contribution in [1.82, 2.24) is 25.9 Å². The quantitative estimate of drug-likeness (QED) is 0.581. The molecule has 0 spiro atoms. The van der Waals surface area contributed by atoms with Crippen molar-refractivity contribution in [3.63, 3.8) is 0 Å². The number of hydrogen-bond acceptors (Lipinski definition) is 7. The maximum atomic E-state index is 13.3. The molecule has 0 aromatic carbocycles. The lowest BCUT2D eigenvalue weighted by atomic mass is 9.99. The van der Waals surface area contributed by atoms with Crippen molar-refractivity contribution in [2.24, 2.45) is 5.92 Å². The van der Waals surface area contributed by atoms with Crippen molar-refractivity contribution < 1.29 is 14.3 Å². The monoisotopic (exact) mass is 482 g/mol. The highest BCUT2D eigenvalue weighted by atomic mass is 32.2. The van der Waals surface area contributed by atoms with Crippen molar-refractivity contribution in [2.75, 3.05) is 24.6 Å². The summed E-state index contributed by atoms with van der Waals surface area (Å²) in [6.45, 7) is 8.43. The molecule has 0 bridgehead atoms. The summed E-state index contributed by atoms with van der Waals surface area (Å²) >= 11 is 1.41. The van der Waals surface area contributed by atoms with Crippen LogP contribution in [0.1, 0.15) is 43.9 Å². The SMILES string of the molecule is Cc1cc(OCC(C)C)ncc1N1C(=O)NC2c3c1ccnc3S[C@H]2C(=O)NC1CCCNC1. The van der Waals surface area contributed by atoms with Crippen LogP contribution in [0.3, 0.4) is 0 Å². The van der Waals surface area contributed by atoms with Crippen LogP contribution in [-0.4, -0.2) is 52.9 Å². The molecule has 0 radical (unpaired) electrons. The number of nitrogens with zero attached hydrogens (tertiary/aromatic N) is 3. The molecule has 3 amide bonds. The van der Waals surface area contributed by atoms with E-state index in [1.807, 2.05) is 19.1 Å². The highest BCUT2D eigenvalue weighted by molar-refractivity contribution is 8.01. The smallest absolute Gasteiger partial charge is 0.327 e. The number of piperidine rings is 1. The molecule has 1 fully saturated rings. The molecular formula is C24H30N6O3S. The van der Waals surface area contributed by atoms with Gasteiger partial charge in [-0.25, -0.2) is 14.8 Å². The number of urea groups is 1. The van der Waals surface area contributed by atoms with Crippen LogP contribution >= 0.6 is 11.8 Å². The number of ether oxygens (including phenoxy) is 1. The number of carbonyl (C=O) groups excluding carboxylic acids is 2. The molecule has 3 aliphatic heterocycles. The number of nitrogens with one attached hydrogen (secondary N) is 3. The van der Waals surface area contributed by atoms with Gasteiger partial charge in [0.2, 0.25) is 11.8 Å². The van der Waals surface area contributed by atoms with Gasteiger partial charge in [0.25, 0.3) is 0 Å². The number of amides is 3. The van der Waals surface area contributed by atoms with Crippen LogP contribution in [-0.2, 0) is 4.79 Å². The topological polar surface area (TPSA) is 108 Å². The van der Waals surface area contributed by atoms with Gasteiger partial charge in [-0.3, -0.25) is 9.69 Å². The first kappa shape index (κ1) is 22.9. The molecule has 10 heteroatoms. The maximum absolute atomic E-state index is 13.3. The van der Waals surface area contributed by atoms with Gasteiger partial charge in [0.1, 0.15) is 10.3 Å². The zero-order valence-electron chi connectivity index (χ0n) is 19.6. The molecule has 0 aliphatic carbocycles. The molecule has 2 unspecified atom stereocenters. The summed E-state index contributed by atoms with van der Waals surface area (Å²) in [5, 5.41) is 9.86. The summed E-state index contributed by atoms with van der Waals surface area (Å²) in [4.78, 5) is 37.1. The van der Waals surface area contributed by atoms with Crippen molar-refractivity contribution in [3.05, 3.63) is 35.7 Å². The lowest BCUT2D eigenvalue weighted by Gasteiger charge is -2.35. The number of aryl methyl sites for hydroxylation is 1. The first-order valence-electron chi connectivity index (χ1n) is 11.8. The Morgan fingerprint density at radius 3 is 2.94 bits per heavy atom. The van der Waals surface area contributed by atoms with Crippen LogP contribution in [0.4, 0.5) is 16.2 Å². The van der Waals surface area contributed by atoms with Crippen molar-refractivity contribution in [2.45, 2.75) is 56.0 Å². The first-order chi connectivity index (χ1) is 16.4. The number of aromatic nitrogens is 2. The molecule has 5 rings (SSSR count). The summed E-state index contributed by atoms with van der Waals surface area (Å²) in [5.74, 6) is 0.864. The van der Waals surface area contributed by atoms with E-state index in [2.05, 4.69) is 39.8 Å². The van der Waals surface area contributed by atoms with Crippen molar-refractivity contribution >= 4 is 35.1 Å². The van der Waals surface area contributed by atoms with E-state index >= 15 is 0 Å². The Morgan fingerprint density at radius 2 is 2.21 bits per heavy atom. The van der Waals surface area contributed by atoms with E-state index in [1.165, 1.54) is 11.8 Å². The zero-order valence-corrected chi connectivity index (χ0v) is 20.4. The minimum atomic E-state index is -0.456. The number of pyridine rings is 2. The summed E-state index contributed by atoms with van der Waals surface area (Å²) in [6.07, 6.45) is 5.36. The van der Waals surface area contributed by atoms with Gasteiger partial charge in [-0.05, 0) is 43.9 Å². The highest BCUT2D eigenvalue weighted by Crippen LogP contribution is 2.50. The average molecular weight is 483 g/mol. The third-order valence-electron chi connectivity index (χ3n) is 6.27. The molecule has 2 aromatic rings. The van der Waals surface area contributed by atoms with Gasteiger partial charge in [-0.15, -0.1) is 0 Å². The van der Waals surface area contributed by atoms with Gasteiger partial charge in [0.15, 0.2) is 0 Å². The lowest BCUT2D eigenvalue weighted by Crippen LogP contribution is -2.52. The Balaban J connectivity index is 1.41. The Bertz CT molecular complexity index is 1100. The third-order valence-corrected chi connectivity index (χ3v) is 7.56. The van der Waals surface area contributed by atoms with E-state index in [9.17, 15) is 9.59 Å². The summed E-state index contributed by atoms with van der Waals surface area (Å²) < 4.78 is 5.74. The Morgan fingerprint density at radius 1 is 1.35 bits per heavy atom. The fourth-order valence-corrected chi connectivity index (χ4v) is 5.85. The fourth-order valence-electron chi connectivity index (χ4n) is 4.61. The van der Waals surface area contributed by atoms with Crippen LogP contribution in [0.2, 0.25) is 0 Å². The van der Waals surface area contributed by atoms with E-state index in [-0.39, 0.29) is 18.0 Å². The predicted octanol–water partition coefficient (Wildman–Crippen LogP) is 3.06. The van der Waals surface area contributed by atoms with Crippen LogP contribution in [0, 0.1) is 12.8 Å². The lowest BCUT2D eigenvalue weighted by molar-refractivity contribution is -0.121. The second kappa shape index (κ2) is 9.42. The van der Waals surface area contributed by atoms with Crippen LogP contribution in [0.25, 0.3) is 0 Å². The second-order valence-electron chi connectivity index (χ2n) is 9.42. The summed E-state index contributed by atoms with van der Waals surface area (Å²) in [7, 11) is 0. The number of anilines is 2. The van der Waals surface area contributed by atoms with Crippen LogP contribution in [0.15, 0.2) is 29.6 Å². The summed E-state index contributed by atoms with van der Waals surface area (Å²) in [6, 6.07) is 3.08. The van der Waals surface area contributed by atoms with E-state index < -0.39 is 11.3 Å². The Hall–Kier alpha value is -2.85. The maximum Gasteiger partial charge on any atom is 0.327 e. The molecule has 2 aromatic heterocycles. The number of hydrogen-bond donors (Lipinski definition) is 3. The van der Waals surface area contributed by atoms with E-state index in [0.29, 0.717) is 24.1 Å². The van der Waals surface area contributed by atoms with Gasteiger partial charge in [-0.2, -0.15) is 0 Å². The minimum absolute atomic E-state index is 0.0640. The molecule has 9 nitrogen and oxygen atoms in total. The molecule has 3 aliphatic rings. The largest absolute Gasteiger partial charge is 0.477 e. The Labute approximate surface area is 203 Å². The molecule has 0 saturated carbocycles. The minimum Gasteiger partial charge on any atom is -0.477 e. The number of carbonyl (C=O) groups is 2. The van der Waals surface area contributed by atoms with E-state index in [0.717, 1.165) is 47.8 Å². The van der Waals surface area contributed by atoms with Gasteiger partial charge in [0.05, 0.1) is 30.2 Å². The zero-order chi connectivity index (χ0) is 23.8. The normalized spacial score (nSPS) is 23.5. The molecule has 5 heterocycles. The third kappa shape index (κ3) is 4.32. The van der Waals surface area contributed by atoms with Crippen LogP contribution < -0.4 is 25.6 Å². The molecule has 3 N–H and O–H groups in total. The predicted molar refractivity (Wildman–Crippen MR) is 131 cm³/mol. The molecule has 1 saturated heterocycles. The fraction of sp³-hybridized carbons (Fsp3) is 0.500. The molecule has 3 atom stereocenters. The van der Waals surface area contributed by atoms with Crippen LogP contribution in [0.5, 0.6) is 5.88 Å². The first-order valence-corrected chi connectivity index (χ1v) is 12.7. The average Bonchev–Trinajstić information content (AvgIpc) is 3.19. The van der Waals surface area contributed by atoms with Gasteiger partial charge in [-0.1, -0.05) is 25.6 Å². The van der Waals surface area contributed by atoms with Gasteiger partial charge < -0.3 is 20.7 Å². The van der Waals surface area contributed by atoms with Gasteiger partial charge in [0, 0.05) is 30.4 Å².